The second kappa shape index (κ2) is 10.7. The summed E-state index contributed by atoms with van der Waals surface area (Å²) in [6, 6.07) is 19.1. The number of rotatable bonds is 6. The Morgan fingerprint density at radius 2 is 1.82 bits per heavy atom. The van der Waals surface area contributed by atoms with Crippen molar-refractivity contribution in [1.82, 2.24) is 19.9 Å². The van der Waals surface area contributed by atoms with Crippen molar-refractivity contribution in [2.75, 3.05) is 48.8 Å². The van der Waals surface area contributed by atoms with Gasteiger partial charge in [-0.05, 0) is 75.3 Å². The van der Waals surface area contributed by atoms with Gasteiger partial charge in [-0.25, -0.2) is 15.0 Å². The van der Waals surface area contributed by atoms with Gasteiger partial charge in [0.15, 0.2) is 5.82 Å². The van der Waals surface area contributed by atoms with E-state index < -0.39 is 5.41 Å². The number of piperazine rings is 1. The zero-order valence-corrected chi connectivity index (χ0v) is 22.7. The Hall–Kier alpha value is -4.55. The van der Waals surface area contributed by atoms with Gasteiger partial charge in [-0.1, -0.05) is 18.2 Å². The number of hydrogen-bond donors (Lipinski definition) is 2. The second-order valence-electron chi connectivity index (χ2n) is 10.5. The number of aromatic nitrogens is 3. The van der Waals surface area contributed by atoms with Crippen LogP contribution in [0.2, 0.25) is 0 Å². The molecule has 0 spiro atoms. The van der Waals surface area contributed by atoms with E-state index in [0.29, 0.717) is 22.6 Å². The van der Waals surface area contributed by atoms with Crippen molar-refractivity contribution in [2.24, 2.45) is 0 Å². The monoisotopic (exact) mass is 520 g/mol. The number of nitrogens with one attached hydrogen (secondary N) is 2. The first kappa shape index (κ1) is 26.1. The van der Waals surface area contributed by atoms with E-state index in [1.54, 1.807) is 18.2 Å². The number of pyridine rings is 1. The maximum Gasteiger partial charge on any atom is 0.255 e. The summed E-state index contributed by atoms with van der Waals surface area (Å²) in [6.45, 7) is 9.49. The summed E-state index contributed by atoms with van der Waals surface area (Å²) in [5.41, 5.74) is 4.49. The molecule has 39 heavy (non-hydrogen) atoms. The molecular formula is C30H32N8O. The molecule has 9 heteroatoms. The van der Waals surface area contributed by atoms with Crippen LogP contribution in [-0.4, -0.2) is 59.0 Å². The molecule has 9 nitrogen and oxygen atoms in total. The third-order valence-electron chi connectivity index (χ3n) is 7.17. The number of carbonyl (C=O) groups excluding carboxylic acids is 1. The first-order valence-electron chi connectivity index (χ1n) is 13.0. The van der Waals surface area contributed by atoms with Crippen molar-refractivity contribution >= 4 is 40.0 Å². The Labute approximate surface area is 228 Å². The number of hydrogen-bond acceptors (Lipinski definition) is 8. The van der Waals surface area contributed by atoms with Gasteiger partial charge >= 0.3 is 0 Å². The van der Waals surface area contributed by atoms with E-state index in [9.17, 15) is 10.1 Å². The van der Waals surface area contributed by atoms with E-state index in [1.165, 1.54) is 6.33 Å². The smallest absolute Gasteiger partial charge is 0.255 e. The maximum absolute atomic E-state index is 13.1. The number of anilines is 4. The largest absolute Gasteiger partial charge is 0.354 e. The van der Waals surface area contributed by atoms with Crippen LogP contribution in [0.4, 0.5) is 23.0 Å². The summed E-state index contributed by atoms with van der Waals surface area (Å²) in [6.07, 6.45) is 1.53. The van der Waals surface area contributed by atoms with Gasteiger partial charge in [0.05, 0.1) is 17.0 Å². The predicted octanol–water partition coefficient (Wildman–Crippen LogP) is 4.88. The van der Waals surface area contributed by atoms with Gasteiger partial charge in [0.1, 0.15) is 17.7 Å². The topological polar surface area (TPSA) is 110 Å². The molecule has 2 aromatic heterocycles. The molecule has 2 aromatic carbocycles. The van der Waals surface area contributed by atoms with Crippen LogP contribution in [-0.2, 0) is 5.41 Å². The molecule has 4 aromatic rings. The van der Waals surface area contributed by atoms with Crippen LogP contribution in [0.25, 0.3) is 11.0 Å². The molecule has 0 bridgehead atoms. The molecule has 3 heterocycles. The average molecular weight is 521 g/mol. The van der Waals surface area contributed by atoms with Crippen molar-refractivity contribution in [2.45, 2.75) is 26.2 Å². The number of nitrogens with zero attached hydrogens (tertiary/aromatic N) is 6. The first-order valence-corrected chi connectivity index (χ1v) is 13.0. The van der Waals surface area contributed by atoms with Crippen LogP contribution in [0.1, 0.15) is 35.3 Å². The second-order valence-corrected chi connectivity index (χ2v) is 10.5. The highest BCUT2D eigenvalue weighted by molar-refractivity contribution is 6.04. The van der Waals surface area contributed by atoms with Crippen LogP contribution in [0.15, 0.2) is 60.9 Å². The maximum atomic E-state index is 13.1. The zero-order valence-electron chi connectivity index (χ0n) is 22.7. The summed E-state index contributed by atoms with van der Waals surface area (Å²) in [7, 11) is 2.13. The van der Waals surface area contributed by atoms with Crippen LogP contribution in [0.3, 0.4) is 0 Å². The number of aryl methyl sites for hydroxylation is 1. The molecule has 2 N–H and O–H groups in total. The molecule has 0 saturated carbocycles. The predicted molar refractivity (Wildman–Crippen MR) is 155 cm³/mol. The van der Waals surface area contributed by atoms with E-state index in [1.807, 2.05) is 57.2 Å². The molecule has 0 unspecified atom stereocenters. The molecule has 5 rings (SSSR count). The number of nitriles is 1. The highest BCUT2D eigenvalue weighted by Gasteiger charge is 2.21. The number of carbonyl (C=O) groups is 1. The lowest BCUT2D eigenvalue weighted by molar-refractivity contribution is 0.102. The van der Waals surface area contributed by atoms with Crippen molar-refractivity contribution in [3.8, 4) is 6.07 Å². The van der Waals surface area contributed by atoms with E-state index in [4.69, 9.17) is 4.98 Å². The highest BCUT2D eigenvalue weighted by Crippen LogP contribution is 2.29. The minimum absolute atomic E-state index is 0.244. The van der Waals surface area contributed by atoms with Gasteiger partial charge in [0.2, 0.25) is 0 Å². The Balaban J connectivity index is 1.39. The van der Waals surface area contributed by atoms with Crippen LogP contribution < -0.4 is 15.5 Å². The first-order chi connectivity index (χ1) is 18.7. The Bertz CT molecular complexity index is 1570. The molecule has 1 fully saturated rings. The number of fused-ring (bicyclic) bond motifs is 1. The lowest BCUT2D eigenvalue weighted by Crippen LogP contribution is -2.44. The fourth-order valence-electron chi connectivity index (χ4n) is 4.51. The fraction of sp³-hybridized carbons (Fsp3) is 0.300. The highest BCUT2D eigenvalue weighted by atomic mass is 16.1. The molecule has 0 aliphatic carbocycles. The summed E-state index contributed by atoms with van der Waals surface area (Å²) in [5.74, 6) is 1.27. The zero-order chi connectivity index (χ0) is 27.6. The van der Waals surface area contributed by atoms with Gasteiger partial charge in [0, 0.05) is 43.1 Å². The molecule has 1 aliphatic rings. The van der Waals surface area contributed by atoms with Crippen molar-refractivity contribution in [3.05, 3.63) is 77.6 Å². The molecule has 1 aliphatic heterocycles. The van der Waals surface area contributed by atoms with Crippen LogP contribution in [0, 0.1) is 18.3 Å². The molecule has 1 amide bonds. The van der Waals surface area contributed by atoms with Gasteiger partial charge in [-0.15, -0.1) is 0 Å². The third-order valence-corrected chi connectivity index (χ3v) is 7.17. The molecule has 1 saturated heterocycles. The number of benzene rings is 2. The van der Waals surface area contributed by atoms with Gasteiger partial charge in [-0.3, -0.25) is 4.79 Å². The van der Waals surface area contributed by atoms with Crippen molar-refractivity contribution in [1.29, 1.82) is 5.26 Å². The van der Waals surface area contributed by atoms with E-state index in [2.05, 4.69) is 43.5 Å². The van der Waals surface area contributed by atoms with Crippen molar-refractivity contribution in [3.63, 3.8) is 0 Å². The Morgan fingerprint density at radius 1 is 1.03 bits per heavy atom. The average Bonchev–Trinajstić information content (AvgIpc) is 2.95. The quantitative estimate of drug-likeness (QED) is 0.370. The summed E-state index contributed by atoms with van der Waals surface area (Å²) in [5, 5.41) is 15.9. The normalized spacial score (nSPS) is 14.2. The summed E-state index contributed by atoms with van der Waals surface area (Å²) in [4.78, 5) is 31.5. The van der Waals surface area contributed by atoms with Crippen molar-refractivity contribution < 1.29 is 4.79 Å². The van der Waals surface area contributed by atoms with Crippen LogP contribution in [0.5, 0.6) is 0 Å². The minimum Gasteiger partial charge on any atom is -0.354 e. The summed E-state index contributed by atoms with van der Waals surface area (Å²) < 4.78 is 0. The Kier molecular flexibility index (Phi) is 7.13. The molecular weight excluding hydrogens is 488 g/mol. The third kappa shape index (κ3) is 5.66. The van der Waals surface area contributed by atoms with Gasteiger partial charge < -0.3 is 20.4 Å². The lowest BCUT2D eigenvalue weighted by Gasteiger charge is -2.33. The lowest BCUT2D eigenvalue weighted by atomic mass is 9.85. The van der Waals surface area contributed by atoms with Gasteiger partial charge in [0.25, 0.3) is 5.91 Å². The SMILES string of the molecule is Cc1ccc(NC(=O)c2cccc(C(C)(C)C#N)c2)cc1Nc1ncnc2ccc(N3CCN(C)CC3)nc12. The molecule has 0 atom stereocenters. The Morgan fingerprint density at radius 3 is 2.59 bits per heavy atom. The van der Waals surface area contributed by atoms with Crippen LogP contribution >= 0.6 is 0 Å². The molecule has 0 radical (unpaired) electrons. The minimum atomic E-state index is -0.685. The van der Waals surface area contributed by atoms with Gasteiger partial charge in [-0.2, -0.15) is 5.26 Å². The van der Waals surface area contributed by atoms with E-state index in [0.717, 1.165) is 54.3 Å². The fourth-order valence-corrected chi connectivity index (χ4v) is 4.51. The number of amides is 1. The van der Waals surface area contributed by atoms with E-state index in [-0.39, 0.29) is 5.91 Å². The van der Waals surface area contributed by atoms with E-state index >= 15 is 0 Å². The summed E-state index contributed by atoms with van der Waals surface area (Å²) >= 11 is 0. The molecule has 198 valence electrons. The standard InChI is InChI=1S/C30H32N8O/c1-20-8-9-23(34-29(39)21-6-5-7-22(16-21)30(2,3)18-31)17-25(20)35-28-27-24(32-19-33-28)10-11-26(36-27)38-14-12-37(4)13-15-38/h5-11,16-17,19H,12-15H2,1-4H3,(H,34,39)(H,32,33,35). The number of likely N-dealkylation sites (N-methyl/N-ethyl adjacent to an activating group) is 1.